The van der Waals surface area contributed by atoms with Crippen LogP contribution in [-0.2, 0) is 20.9 Å². The number of rotatable bonds is 6. The van der Waals surface area contributed by atoms with E-state index in [1.807, 2.05) is 32.9 Å². The molecule has 1 fully saturated rings. The Hall–Kier alpha value is -3.65. The maximum atomic E-state index is 12.4. The first-order valence-electron chi connectivity index (χ1n) is 11.1. The molecule has 1 amide bonds. The van der Waals surface area contributed by atoms with E-state index in [9.17, 15) is 14.4 Å². The fourth-order valence-corrected chi connectivity index (χ4v) is 3.98. The monoisotopic (exact) mass is 465 g/mol. The van der Waals surface area contributed by atoms with E-state index in [2.05, 4.69) is 0 Å². The zero-order valence-electron chi connectivity index (χ0n) is 19.4. The number of carbonyl (C=O) groups excluding carboxylic acids is 2. The fourth-order valence-electron chi connectivity index (χ4n) is 3.98. The molecule has 1 saturated heterocycles. The molecule has 1 aliphatic rings. The summed E-state index contributed by atoms with van der Waals surface area (Å²) in [6.07, 6.45) is -0.0918. The Morgan fingerprint density at radius 1 is 1.03 bits per heavy atom. The molecule has 2 atom stereocenters. The second kappa shape index (κ2) is 10.1. The molecule has 0 radical (unpaired) electrons. The predicted octanol–water partition coefficient (Wildman–Crippen LogP) is 3.47. The molecule has 2 unspecified atom stereocenters. The molecule has 0 spiro atoms. The van der Waals surface area contributed by atoms with Gasteiger partial charge in [-0.1, -0.05) is 12.1 Å². The van der Waals surface area contributed by atoms with Crippen molar-refractivity contribution in [3.8, 4) is 5.75 Å². The van der Waals surface area contributed by atoms with E-state index in [0.717, 1.165) is 16.5 Å². The molecule has 0 N–H and O–H groups in total. The standard InChI is InChI=1S/C26H27NO7/c1-16-10-25(29)34-23-11-21(8-9-22(16)23)31-14-19-4-6-20(7-5-19)26(30)32-15-24(28)27-12-17(2)33-18(3)13-27/h4-11,17-18H,12-15H2,1-3H3. The zero-order chi connectivity index (χ0) is 24.2. The summed E-state index contributed by atoms with van der Waals surface area (Å²) in [5.41, 5.74) is 2.10. The van der Waals surface area contributed by atoms with Gasteiger partial charge < -0.3 is 23.5 Å². The number of benzene rings is 2. The van der Waals surface area contributed by atoms with Crippen LogP contribution >= 0.6 is 0 Å². The number of morpholine rings is 1. The maximum absolute atomic E-state index is 12.4. The number of fused-ring (bicyclic) bond motifs is 1. The number of aryl methyl sites for hydroxylation is 1. The third kappa shape index (κ3) is 5.63. The highest BCUT2D eigenvalue weighted by molar-refractivity contribution is 5.91. The van der Waals surface area contributed by atoms with E-state index >= 15 is 0 Å². The first-order chi connectivity index (χ1) is 16.3. The number of esters is 1. The molecular formula is C26H27NO7. The number of hydrogen-bond acceptors (Lipinski definition) is 7. The van der Waals surface area contributed by atoms with E-state index in [4.69, 9.17) is 18.6 Å². The summed E-state index contributed by atoms with van der Waals surface area (Å²) in [7, 11) is 0. The molecule has 8 heteroatoms. The second-order valence-electron chi connectivity index (χ2n) is 8.52. The minimum atomic E-state index is -0.560. The molecule has 0 saturated carbocycles. The minimum Gasteiger partial charge on any atom is -0.489 e. The number of amides is 1. The molecular weight excluding hydrogens is 438 g/mol. The van der Waals surface area contributed by atoms with Gasteiger partial charge in [0.1, 0.15) is 17.9 Å². The highest BCUT2D eigenvalue weighted by Crippen LogP contribution is 2.23. The lowest BCUT2D eigenvalue weighted by Gasteiger charge is -2.35. The Balaban J connectivity index is 1.30. The normalized spacial score (nSPS) is 18.0. The highest BCUT2D eigenvalue weighted by Gasteiger charge is 2.26. The van der Waals surface area contributed by atoms with E-state index in [-0.39, 0.29) is 31.3 Å². The number of ether oxygens (including phenoxy) is 3. The van der Waals surface area contributed by atoms with Crippen LogP contribution in [-0.4, -0.2) is 48.7 Å². The summed E-state index contributed by atoms with van der Waals surface area (Å²) in [5.74, 6) is -0.230. The van der Waals surface area contributed by atoms with Crippen molar-refractivity contribution in [2.24, 2.45) is 0 Å². The van der Waals surface area contributed by atoms with Gasteiger partial charge in [0.25, 0.3) is 5.91 Å². The Bertz CT molecular complexity index is 1240. The van der Waals surface area contributed by atoms with Gasteiger partial charge in [-0.05, 0) is 56.2 Å². The predicted molar refractivity (Wildman–Crippen MR) is 125 cm³/mol. The van der Waals surface area contributed by atoms with Gasteiger partial charge in [0.05, 0.1) is 17.8 Å². The Morgan fingerprint density at radius 3 is 2.44 bits per heavy atom. The van der Waals surface area contributed by atoms with E-state index in [1.54, 1.807) is 35.2 Å². The third-order valence-corrected chi connectivity index (χ3v) is 5.62. The summed E-state index contributed by atoms with van der Waals surface area (Å²) in [4.78, 5) is 38.0. The van der Waals surface area contributed by atoms with Gasteiger partial charge in [-0.3, -0.25) is 4.79 Å². The average Bonchev–Trinajstić information content (AvgIpc) is 2.80. The summed E-state index contributed by atoms with van der Waals surface area (Å²) in [6, 6.07) is 13.6. The molecule has 0 bridgehead atoms. The molecule has 2 aromatic carbocycles. The second-order valence-corrected chi connectivity index (χ2v) is 8.52. The molecule has 1 aromatic heterocycles. The summed E-state index contributed by atoms with van der Waals surface area (Å²) in [6.45, 7) is 6.60. The molecule has 1 aliphatic heterocycles. The molecule has 2 heterocycles. The van der Waals surface area contributed by atoms with Gasteiger partial charge in [-0.15, -0.1) is 0 Å². The van der Waals surface area contributed by atoms with Crippen molar-refractivity contribution in [2.75, 3.05) is 19.7 Å². The lowest BCUT2D eigenvalue weighted by atomic mass is 10.1. The topological polar surface area (TPSA) is 95.3 Å². The quantitative estimate of drug-likeness (QED) is 0.406. The smallest absolute Gasteiger partial charge is 0.338 e. The van der Waals surface area contributed by atoms with Gasteiger partial charge in [0.2, 0.25) is 0 Å². The van der Waals surface area contributed by atoms with Gasteiger partial charge in [0.15, 0.2) is 6.61 Å². The van der Waals surface area contributed by atoms with Crippen molar-refractivity contribution >= 4 is 22.8 Å². The molecule has 178 valence electrons. The minimum absolute atomic E-state index is 0.0459. The van der Waals surface area contributed by atoms with E-state index in [0.29, 0.717) is 30.0 Å². The van der Waals surface area contributed by atoms with Crippen molar-refractivity contribution < 1.29 is 28.2 Å². The third-order valence-electron chi connectivity index (χ3n) is 5.62. The van der Waals surface area contributed by atoms with Crippen LogP contribution in [0.15, 0.2) is 57.7 Å². The van der Waals surface area contributed by atoms with Crippen LogP contribution < -0.4 is 10.4 Å². The number of hydrogen-bond donors (Lipinski definition) is 0. The van der Waals surface area contributed by atoms with Crippen molar-refractivity contribution in [3.05, 3.63) is 75.6 Å². The van der Waals surface area contributed by atoms with Crippen LogP contribution in [0, 0.1) is 6.92 Å². The SMILES string of the molecule is Cc1cc(=O)oc2cc(OCc3ccc(C(=O)OCC(=O)N4CC(C)OC(C)C4)cc3)ccc12. The maximum Gasteiger partial charge on any atom is 0.338 e. The molecule has 8 nitrogen and oxygen atoms in total. The first-order valence-corrected chi connectivity index (χ1v) is 11.1. The molecule has 34 heavy (non-hydrogen) atoms. The number of carbonyl (C=O) groups is 2. The van der Waals surface area contributed by atoms with Gasteiger partial charge in [0, 0.05) is 30.6 Å². The number of nitrogens with zero attached hydrogens (tertiary/aromatic N) is 1. The van der Waals surface area contributed by atoms with Crippen LogP contribution in [0.5, 0.6) is 5.75 Å². The van der Waals surface area contributed by atoms with Crippen LogP contribution in [0.1, 0.15) is 35.3 Å². The van der Waals surface area contributed by atoms with Crippen LogP contribution in [0.2, 0.25) is 0 Å². The fraction of sp³-hybridized carbons (Fsp3) is 0.346. The van der Waals surface area contributed by atoms with Gasteiger partial charge in [-0.25, -0.2) is 9.59 Å². The van der Waals surface area contributed by atoms with Crippen molar-refractivity contribution in [1.82, 2.24) is 4.90 Å². The van der Waals surface area contributed by atoms with Gasteiger partial charge >= 0.3 is 11.6 Å². The molecule has 0 aliphatic carbocycles. The zero-order valence-corrected chi connectivity index (χ0v) is 19.4. The summed E-state index contributed by atoms with van der Waals surface area (Å²) in [5, 5.41) is 0.853. The molecule has 4 rings (SSSR count). The highest BCUT2D eigenvalue weighted by atomic mass is 16.5. The lowest BCUT2D eigenvalue weighted by molar-refractivity contribution is -0.146. The van der Waals surface area contributed by atoms with Crippen molar-refractivity contribution in [2.45, 2.75) is 39.6 Å². The Labute approximate surface area is 197 Å². The van der Waals surface area contributed by atoms with E-state index in [1.165, 1.54) is 6.07 Å². The van der Waals surface area contributed by atoms with Crippen molar-refractivity contribution in [1.29, 1.82) is 0 Å². The van der Waals surface area contributed by atoms with Crippen LogP contribution in [0.3, 0.4) is 0 Å². The Morgan fingerprint density at radius 2 is 1.74 bits per heavy atom. The van der Waals surface area contributed by atoms with Crippen molar-refractivity contribution in [3.63, 3.8) is 0 Å². The first kappa shape index (κ1) is 23.5. The average molecular weight is 466 g/mol. The summed E-state index contributed by atoms with van der Waals surface area (Å²) < 4.78 is 21.9. The van der Waals surface area contributed by atoms with E-state index < -0.39 is 11.6 Å². The summed E-state index contributed by atoms with van der Waals surface area (Å²) >= 11 is 0. The Kier molecular flexibility index (Phi) is 6.98. The largest absolute Gasteiger partial charge is 0.489 e. The molecule has 3 aromatic rings. The van der Waals surface area contributed by atoms with Crippen LogP contribution in [0.25, 0.3) is 11.0 Å². The van der Waals surface area contributed by atoms with Crippen LogP contribution in [0.4, 0.5) is 0 Å². The lowest BCUT2D eigenvalue weighted by Crippen LogP contribution is -2.49. The van der Waals surface area contributed by atoms with Gasteiger partial charge in [-0.2, -0.15) is 0 Å².